The van der Waals surface area contributed by atoms with E-state index in [4.69, 9.17) is 0 Å². The third kappa shape index (κ3) is 4.81. The molecule has 0 aliphatic heterocycles. The highest BCUT2D eigenvalue weighted by molar-refractivity contribution is 5.91. The van der Waals surface area contributed by atoms with E-state index in [2.05, 4.69) is 10.6 Å². The minimum Gasteiger partial charge on any atom is -0.480 e. The highest BCUT2D eigenvalue weighted by Gasteiger charge is 2.28. The third-order valence-corrected chi connectivity index (χ3v) is 4.23. The molecule has 0 radical (unpaired) electrons. The summed E-state index contributed by atoms with van der Waals surface area (Å²) in [6, 6.07) is 11.5. The Morgan fingerprint density at radius 2 is 1.65 bits per heavy atom. The predicted molar refractivity (Wildman–Crippen MR) is 99.7 cm³/mol. The van der Waals surface area contributed by atoms with Gasteiger partial charge in [-0.25, -0.2) is 4.79 Å². The van der Waals surface area contributed by atoms with Crippen LogP contribution >= 0.6 is 0 Å². The zero-order valence-corrected chi connectivity index (χ0v) is 15.2. The van der Waals surface area contributed by atoms with E-state index in [9.17, 15) is 19.5 Å². The number of rotatable bonds is 7. The number of carbonyl (C=O) groups is 3. The van der Waals surface area contributed by atoms with Crippen LogP contribution in [0.25, 0.3) is 10.8 Å². The smallest absolute Gasteiger partial charge is 0.326 e. The van der Waals surface area contributed by atoms with Crippen LogP contribution in [0.3, 0.4) is 0 Å². The van der Waals surface area contributed by atoms with Gasteiger partial charge in [0.05, 0.1) is 0 Å². The maximum Gasteiger partial charge on any atom is 0.326 e. The van der Waals surface area contributed by atoms with Gasteiger partial charge in [0.1, 0.15) is 12.1 Å². The lowest BCUT2D eigenvalue weighted by Crippen LogP contribution is -2.53. The van der Waals surface area contributed by atoms with E-state index in [-0.39, 0.29) is 18.2 Å². The van der Waals surface area contributed by atoms with Crippen LogP contribution < -0.4 is 10.6 Å². The summed E-state index contributed by atoms with van der Waals surface area (Å²) >= 11 is 0. The average Bonchev–Trinajstić information content (AvgIpc) is 2.58. The number of amides is 2. The molecule has 0 aliphatic carbocycles. The van der Waals surface area contributed by atoms with Gasteiger partial charge in [-0.1, -0.05) is 56.3 Å². The monoisotopic (exact) mass is 356 g/mol. The highest BCUT2D eigenvalue weighted by atomic mass is 16.4. The second kappa shape index (κ2) is 8.47. The molecule has 2 aromatic carbocycles. The van der Waals surface area contributed by atoms with Gasteiger partial charge >= 0.3 is 5.97 Å². The molecule has 0 spiro atoms. The van der Waals surface area contributed by atoms with E-state index in [0.29, 0.717) is 0 Å². The molecule has 3 N–H and O–H groups in total. The number of carboxylic acids is 1. The van der Waals surface area contributed by atoms with Crippen molar-refractivity contribution >= 4 is 28.6 Å². The molecule has 0 aliphatic rings. The summed E-state index contributed by atoms with van der Waals surface area (Å²) < 4.78 is 0. The number of fused-ring (bicyclic) bond motifs is 1. The van der Waals surface area contributed by atoms with Crippen molar-refractivity contribution in [3.05, 3.63) is 48.0 Å². The van der Waals surface area contributed by atoms with E-state index in [1.165, 1.54) is 6.92 Å². The Hall–Kier alpha value is -2.89. The first kappa shape index (κ1) is 19.4. The first-order valence-corrected chi connectivity index (χ1v) is 8.56. The second-order valence-electron chi connectivity index (χ2n) is 6.66. The fourth-order valence-electron chi connectivity index (χ4n) is 2.91. The van der Waals surface area contributed by atoms with Crippen LogP contribution in [0.5, 0.6) is 0 Å². The molecule has 6 nitrogen and oxygen atoms in total. The Morgan fingerprint density at radius 3 is 2.27 bits per heavy atom. The van der Waals surface area contributed by atoms with Gasteiger partial charge < -0.3 is 15.7 Å². The number of benzene rings is 2. The van der Waals surface area contributed by atoms with Crippen LogP contribution in [0.2, 0.25) is 0 Å². The Morgan fingerprint density at radius 1 is 1.00 bits per heavy atom. The first-order valence-electron chi connectivity index (χ1n) is 8.56. The Kier molecular flexibility index (Phi) is 6.33. The lowest BCUT2D eigenvalue weighted by Gasteiger charge is -2.23. The molecule has 2 amide bonds. The maximum absolute atomic E-state index is 12.5. The van der Waals surface area contributed by atoms with Gasteiger partial charge in [-0.2, -0.15) is 0 Å². The van der Waals surface area contributed by atoms with Crippen molar-refractivity contribution in [3.8, 4) is 0 Å². The zero-order valence-electron chi connectivity index (χ0n) is 15.2. The Labute approximate surface area is 152 Å². The summed E-state index contributed by atoms with van der Waals surface area (Å²) in [5.74, 6) is -2.11. The molecule has 2 atom stereocenters. The molecule has 0 saturated heterocycles. The normalized spacial score (nSPS) is 13.2. The van der Waals surface area contributed by atoms with Crippen LogP contribution in [-0.4, -0.2) is 35.0 Å². The van der Waals surface area contributed by atoms with Crippen molar-refractivity contribution < 1.29 is 19.5 Å². The lowest BCUT2D eigenvalue weighted by molar-refractivity contribution is -0.142. The van der Waals surface area contributed by atoms with Crippen LogP contribution in [0.1, 0.15) is 26.3 Å². The summed E-state index contributed by atoms with van der Waals surface area (Å²) in [7, 11) is 0. The lowest BCUT2D eigenvalue weighted by atomic mass is 9.98. The van der Waals surface area contributed by atoms with Crippen molar-refractivity contribution in [1.82, 2.24) is 10.6 Å². The van der Waals surface area contributed by atoms with Crippen molar-refractivity contribution in [2.24, 2.45) is 5.92 Å². The number of nitrogens with one attached hydrogen (secondary N) is 2. The van der Waals surface area contributed by atoms with Crippen molar-refractivity contribution in [1.29, 1.82) is 0 Å². The third-order valence-electron chi connectivity index (χ3n) is 4.23. The quantitative estimate of drug-likeness (QED) is 0.708. The molecule has 0 fully saturated rings. The van der Waals surface area contributed by atoms with Gasteiger partial charge in [-0.3, -0.25) is 9.59 Å². The van der Waals surface area contributed by atoms with Crippen molar-refractivity contribution in [2.75, 3.05) is 0 Å². The average molecular weight is 356 g/mol. The number of aliphatic carboxylic acids is 1. The molecule has 0 unspecified atom stereocenters. The molecule has 0 heterocycles. The first-order chi connectivity index (χ1) is 12.3. The number of carbonyl (C=O) groups excluding carboxylic acids is 2. The summed E-state index contributed by atoms with van der Waals surface area (Å²) in [6.45, 7) is 4.91. The molecule has 0 saturated carbocycles. The van der Waals surface area contributed by atoms with Crippen molar-refractivity contribution in [2.45, 2.75) is 39.3 Å². The van der Waals surface area contributed by atoms with E-state index in [0.717, 1.165) is 16.3 Å². The minimum atomic E-state index is -1.11. The molecular formula is C20H24N2O4. The highest BCUT2D eigenvalue weighted by Crippen LogP contribution is 2.20. The van der Waals surface area contributed by atoms with E-state index in [1.807, 2.05) is 42.5 Å². The Bertz CT molecular complexity index is 811. The molecule has 138 valence electrons. The molecule has 0 aromatic heterocycles. The number of hydrogen-bond acceptors (Lipinski definition) is 3. The molecular weight excluding hydrogens is 332 g/mol. The number of hydrogen-bond donors (Lipinski definition) is 3. The van der Waals surface area contributed by atoms with Crippen LogP contribution in [0.4, 0.5) is 0 Å². The standard InChI is InChI=1S/C20H24N2O4/c1-12(2)18(21-13(3)23)19(24)22-17(20(25)26)11-15-9-6-8-14-7-4-5-10-16(14)15/h4-10,12,17-18H,11H2,1-3H3,(H,21,23)(H,22,24)(H,25,26)/t17-,18+/m0/s1. The summed E-state index contributed by atoms with van der Waals surface area (Å²) in [4.78, 5) is 35.5. The van der Waals surface area contributed by atoms with Gasteiger partial charge in [0, 0.05) is 13.3 Å². The molecule has 2 rings (SSSR count). The van der Waals surface area contributed by atoms with E-state index < -0.39 is 24.0 Å². The van der Waals surface area contributed by atoms with Crippen LogP contribution in [-0.2, 0) is 20.8 Å². The Balaban J connectivity index is 2.22. The van der Waals surface area contributed by atoms with E-state index in [1.54, 1.807) is 13.8 Å². The maximum atomic E-state index is 12.5. The topological polar surface area (TPSA) is 95.5 Å². The summed E-state index contributed by atoms with van der Waals surface area (Å²) in [5, 5.41) is 16.7. The SMILES string of the molecule is CC(=O)N[C@@H](C(=O)N[C@@H](Cc1cccc2ccccc12)C(=O)O)C(C)C. The largest absolute Gasteiger partial charge is 0.480 e. The number of carboxylic acid groups (broad SMARTS) is 1. The fraction of sp³-hybridized carbons (Fsp3) is 0.350. The van der Waals surface area contributed by atoms with Crippen LogP contribution in [0, 0.1) is 5.92 Å². The van der Waals surface area contributed by atoms with Gasteiger partial charge in [0.2, 0.25) is 11.8 Å². The molecule has 2 aromatic rings. The molecule has 26 heavy (non-hydrogen) atoms. The van der Waals surface area contributed by atoms with Gasteiger partial charge in [0.15, 0.2) is 0 Å². The van der Waals surface area contributed by atoms with Crippen molar-refractivity contribution in [3.63, 3.8) is 0 Å². The van der Waals surface area contributed by atoms with E-state index >= 15 is 0 Å². The summed E-state index contributed by atoms with van der Waals surface area (Å²) in [5.41, 5.74) is 0.844. The minimum absolute atomic E-state index is 0.160. The molecule has 0 bridgehead atoms. The van der Waals surface area contributed by atoms with Crippen LogP contribution in [0.15, 0.2) is 42.5 Å². The van der Waals surface area contributed by atoms with Gasteiger partial charge in [-0.05, 0) is 22.3 Å². The van der Waals surface area contributed by atoms with Gasteiger partial charge in [-0.15, -0.1) is 0 Å². The zero-order chi connectivity index (χ0) is 19.3. The molecule has 6 heteroatoms. The second-order valence-corrected chi connectivity index (χ2v) is 6.66. The summed E-state index contributed by atoms with van der Waals surface area (Å²) in [6.07, 6.45) is 0.160. The fourth-order valence-corrected chi connectivity index (χ4v) is 2.91. The predicted octanol–water partition coefficient (Wildman–Crippen LogP) is 2.11. The van der Waals surface area contributed by atoms with Gasteiger partial charge in [0.25, 0.3) is 0 Å².